The quantitative estimate of drug-likeness (QED) is 0.699. The molecule has 0 spiro atoms. The van der Waals surface area contributed by atoms with Crippen LogP contribution in [-0.4, -0.2) is 50.2 Å². The molecule has 0 bridgehead atoms. The predicted molar refractivity (Wildman–Crippen MR) is 92.4 cm³/mol. The van der Waals surface area contributed by atoms with Gasteiger partial charge in [0.15, 0.2) is 0 Å². The Morgan fingerprint density at radius 2 is 1.80 bits per heavy atom. The highest BCUT2D eigenvalue weighted by atomic mass is 32.2. The van der Waals surface area contributed by atoms with Crippen LogP contribution in [0.15, 0.2) is 17.0 Å². The first kappa shape index (κ1) is 19.3. The van der Waals surface area contributed by atoms with E-state index in [9.17, 15) is 13.2 Å². The van der Waals surface area contributed by atoms with Gasteiger partial charge in [0.2, 0.25) is 15.0 Å². The lowest BCUT2D eigenvalue weighted by Crippen LogP contribution is -2.27. The van der Waals surface area contributed by atoms with Crippen molar-refractivity contribution in [1.82, 2.24) is 14.5 Å². The molecule has 0 amide bonds. The average Bonchev–Trinajstić information content (AvgIpc) is 3.01. The van der Waals surface area contributed by atoms with Gasteiger partial charge in [0.1, 0.15) is 10.8 Å². The van der Waals surface area contributed by atoms with Crippen molar-refractivity contribution in [2.45, 2.75) is 25.3 Å². The smallest absolute Gasteiger partial charge is 0.369 e. The van der Waals surface area contributed by atoms with E-state index in [1.165, 1.54) is 25.6 Å². The van der Waals surface area contributed by atoms with Crippen molar-refractivity contribution in [1.29, 1.82) is 0 Å². The highest BCUT2D eigenvalue weighted by Gasteiger charge is 2.27. The molecule has 0 fully saturated rings. The number of aromatic nitrogens is 2. The number of carbonyl (C=O) groups excluding carboxylic acids is 1. The van der Waals surface area contributed by atoms with Crippen LogP contribution < -0.4 is 4.74 Å². The number of sulfonamides is 1. The topological polar surface area (TPSA) is 98.7 Å². The van der Waals surface area contributed by atoms with Gasteiger partial charge >= 0.3 is 5.97 Å². The number of nitrogens with zero attached hydrogens (tertiary/aromatic N) is 3. The van der Waals surface area contributed by atoms with Crippen molar-refractivity contribution in [3.8, 4) is 5.75 Å². The van der Waals surface area contributed by atoms with E-state index >= 15 is 0 Å². The predicted octanol–water partition coefficient (Wildman–Crippen LogP) is 1.77. The van der Waals surface area contributed by atoms with Crippen molar-refractivity contribution in [2.24, 2.45) is 0 Å². The van der Waals surface area contributed by atoms with Gasteiger partial charge in [-0.05, 0) is 37.1 Å². The van der Waals surface area contributed by atoms with Crippen LogP contribution >= 0.6 is 11.3 Å². The van der Waals surface area contributed by atoms with Crippen LogP contribution in [0.25, 0.3) is 0 Å². The second kappa shape index (κ2) is 7.46. The average molecular weight is 385 g/mol. The lowest BCUT2D eigenvalue weighted by Gasteiger charge is -2.19. The van der Waals surface area contributed by atoms with Gasteiger partial charge in [-0.2, -0.15) is 4.31 Å². The Bertz CT molecular complexity index is 869. The fraction of sp³-hybridized carbons (Fsp3) is 0.400. The molecule has 0 radical (unpaired) electrons. The summed E-state index contributed by atoms with van der Waals surface area (Å²) >= 11 is 0.997. The maximum atomic E-state index is 12.9. The fourth-order valence-corrected chi connectivity index (χ4v) is 4.78. The van der Waals surface area contributed by atoms with Gasteiger partial charge in [0.05, 0.1) is 25.7 Å². The molecule has 25 heavy (non-hydrogen) atoms. The van der Waals surface area contributed by atoms with Gasteiger partial charge in [0, 0.05) is 7.05 Å². The standard InChI is InChI=1S/C15H19N3O5S2/c1-9-6-11(22-4)7-10(2)13(9)25(20,21)18(3)8-12-16-17-14(24-12)15(19)23-5/h6-7H,8H2,1-5H3. The van der Waals surface area contributed by atoms with Crippen LogP contribution in [0.4, 0.5) is 0 Å². The molecule has 136 valence electrons. The zero-order chi connectivity index (χ0) is 18.8. The summed E-state index contributed by atoms with van der Waals surface area (Å²) in [7, 11) is 0.492. The summed E-state index contributed by atoms with van der Waals surface area (Å²) in [4.78, 5) is 11.7. The molecule has 2 rings (SSSR count). The van der Waals surface area contributed by atoms with Crippen molar-refractivity contribution >= 4 is 27.3 Å². The van der Waals surface area contributed by atoms with Gasteiger partial charge < -0.3 is 9.47 Å². The number of aryl methyl sites for hydroxylation is 2. The monoisotopic (exact) mass is 385 g/mol. The van der Waals surface area contributed by atoms with Crippen molar-refractivity contribution < 1.29 is 22.7 Å². The molecule has 1 aromatic heterocycles. The molecule has 0 aliphatic carbocycles. The Balaban J connectivity index is 2.31. The maximum absolute atomic E-state index is 12.9. The van der Waals surface area contributed by atoms with Crippen LogP contribution in [0.2, 0.25) is 0 Å². The molecule has 0 N–H and O–H groups in total. The second-order valence-corrected chi connectivity index (χ2v) is 8.39. The minimum absolute atomic E-state index is 0.00189. The molecular weight excluding hydrogens is 366 g/mol. The largest absolute Gasteiger partial charge is 0.497 e. The van der Waals surface area contributed by atoms with E-state index in [2.05, 4.69) is 14.9 Å². The number of benzene rings is 1. The van der Waals surface area contributed by atoms with E-state index in [1.807, 2.05) is 0 Å². The Labute approximate surface area is 150 Å². The first-order valence-corrected chi connectivity index (χ1v) is 9.48. The van der Waals surface area contributed by atoms with Crippen molar-refractivity contribution in [3.05, 3.63) is 33.3 Å². The van der Waals surface area contributed by atoms with E-state index in [4.69, 9.17) is 4.74 Å². The molecule has 1 aromatic carbocycles. The van der Waals surface area contributed by atoms with Crippen molar-refractivity contribution in [2.75, 3.05) is 21.3 Å². The molecule has 0 atom stereocenters. The Hall–Kier alpha value is -2.04. The zero-order valence-corrected chi connectivity index (χ0v) is 16.2. The van der Waals surface area contributed by atoms with Crippen LogP contribution in [0.1, 0.15) is 25.9 Å². The second-order valence-electron chi connectivity index (χ2n) is 5.34. The van der Waals surface area contributed by atoms with E-state index in [0.717, 1.165) is 11.3 Å². The number of hydrogen-bond donors (Lipinski definition) is 0. The van der Waals surface area contributed by atoms with Crippen LogP contribution in [0.5, 0.6) is 5.75 Å². The van der Waals surface area contributed by atoms with Gasteiger partial charge in [-0.1, -0.05) is 11.3 Å². The molecule has 2 aromatic rings. The molecule has 10 heteroatoms. The Kier molecular flexibility index (Phi) is 5.76. The summed E-state index contributed by atoms with van der Waals surface area (Å²) in [5.41, 5.74) is 1.19. The van der Waals surface area contributed by atoms with Crippen LogP contribution in [0, 0.1) is 13.8 Å². The minimum Gasteiger partial charge on any atom is -0.497 e. The Morgan fingerprint density at radius 1 is 1.20 bits per heavy atom. The molecule has 0 aliphatic rings. The first-order chi connectivity index (χ1) is 11.7. The third kappa shape index (κ3) is 3.97. The zero-order valence-electron chi connectivity index (χ0n) is 14.6. The summed E-state index contributed by atoms with van der Waals surface area (Å²) in [6.45, 7) is 3.44. The summed E-state index contributed by atoms with van der Waals surface area (Å²) in [6, 6.07) is 3.35. The number of methoxy groups -OCH3 is 2. The van der Waals surface area contributed by atoms with Gasteiger partial charge in [0.25, 0.3) is 0 Å². The van der Waals surface area contributed by atoms with E-state index in [-0.39, 0.29) is 16.4 Å². The van der Waals surface area contributed by atoms with Crippen molar-refractivity contribution in [3.63, 3.8) is 0 Å². The third-order valence-electron chi connectivity index (χ3n) is 3.52. The highest BCUT2D eigenvalue weighted by molar-refractivity contribution is 7.89. The van der Waals surface area contributed by atoms with Gasteiger partial charge in [-0.25, -0.2) is 13.2 Å². The molecule has 8 nitrogen and oxygen atoms in total. The summed E-state index contributed by atoms with van der Waals surface area (Å²) in [5.74, 6) is -0.000417. The molecule has 0 saturated carbocycles. The highest BCUT2D eigenvalue weighted by Crippen LogP contribution is 2.28. The SMILES string of the molecule is COC(=O)c1nnc(CN(C)S(=O)(=O)c2c(C)cc(OC)cc2C)s1. The maximum Gasteiger partial charge on any atom is 0.369 e. The van der Waals surface area contributed by atoms with Crippen LogP contribution in [-0.2, 0) is 21.3 Å². The lowest BCUT2D eigenvalue weighted by molar-refractivity contribution is 0.0599. The molecule has 0 unspecified atom stereocenters. The Morgan fingerprint density at radius 3 is 2.32 bits per heavy atom. The normalized spacial score (nSPS) is 11.6. The molecule has 1 heterocycles. The molecule has 0 aliphatic heterocycles. The molecule has 0 saturated heterocycles. The van der Waals surface area contributed by atoms with E-state index < -0.39 is 16.0 Å². The van der Waals surface area contributed by atoms with Gasteiger partial charge in [-0.15, -0.1) is 10.2 Å². The fourth-order valence-electron chi connectivity index (χ4n) is 2.35. The first-order valence-electron chi connectivity index (χ1n) is 7.23. The summed E-state index contributed by atoms with van der Waals surface area (Å²) < 4.78 is 36.8. The number of hydrogen-bond acceptors (Lipinski definition) is 8. The van der Waals surface area contributed by atoms with Crippen LogP contribution in [0.3, 0.4) is 0 Å². The summed E-state index contributed by atoms with van der Waals surface area (Å²) in [6.07, 6.45) is 0. The lowest BCUT2D eigenvalue weighted by atomic mass is 10.1. The number of ether oxygens (including phenoxy) is 2. The number of rotatable bonds is 6. The van der Waals surface area contributed by atoms with E-state index in [1.54, 1.807) is 26.0 Å². The minimum atomic E-state index is -3.74. The van der Waals surface area contributed by atoms with E-state index in [0.29, 0.717) is 21.9 Å². The molecular formula is C15H19N3O5S2. The van der Waals surface area contributed by atoms with Gasteiger partial charge in [-0.3, -0.25) is 0 Å². The number of carbonyl (C=O) groups is 1. The number of esters is 1. The summed E-state index contributed by atoms with van der Waals surface area (Å²) in [5, 5.41) is 8.04. The third-order valence-corrected chi connectivity index (χ3v) is 6.52.